The van der Waals surface area contributed by atoms with Crippen LogP contribution in [0.3, 0.4) is 0 Å². The summed E-state index contributed by atoms with van der Waals surface area (Å²) in [5, 5.41) is 13.5. The van der Waals surface area contributed by atoms with Crippen molar-refractivity contribution in [2.45, 2.75) is 51.5 Å². The first-order chi connectivity index (χ1) is 9.38. The van der Waals surface area contributed by atoms with Crippen molar-refractivity contribution in [1.82, 2.24) is 14.5 Å². The van der Waals surface area contributed by atoms with Crippen LogP contribution in [0.25, 0.3) is 0 Å². The summed E-state index contributed by atoms with van der Waals surface area (Å²) in [6, 6.07) is 0. The average Bonchev–Trinajstić information content (AvgIpc) is 2.87. The van der Waals surface area contributed by atoms with Gasteiger partial charge in [-0.1, -0.05) is 18.3 Å². The molecule has 6 nitrogen and oxygen atoms in total. The minimum atomic E-state index is -1.13. The van der Waals surface area contributed by atoms with Gasteiger partial charge in [-0.3, -0.25) is 4.79 Å². The lowest BCUT2D eigenvalue weighted by molar-refractivity contribution is -0.150. The lowest BCUT2D eigenvalue weighted by Crippen LogP contribution is -2.57. The molecule has 0 spiro atoms. The number of aromatic nitrogens is 2. The molecule has 1 atom stereocenters. The highest BCUT2D eigenvalue weighted by Gasteiger charge is 2.45. The van der Waals surface area contributed by atoms with Crippen LogP contribution in [0.2, 0.25) is 0 Å². The molecule has 0 saturated carbocycles. The van der Waals surface area contributed by atoms with Crippen molar-refractivity contribution < 1.29 is 14.7 Å². The number of piperidine rings is 1. The fraction of sp³-hybridized carbons (Fsp3) is 0.692. The predicted molar refractivity (Wildman–Crippen MR) is 74.9 cm³/mol. The van der Waals surface area contributed by atoms with E-state index in [4.69, 9.17) is 0 Å². The number of nitrogens with zero attached hydrogens (tertiary/aromatic N) is 3. The molecule has 2 heterocycles. The molecule has 0 bridgehead atoms. The van der Waals surface area contributed by atoms with Crippen LogP contribution in [0.15, 0.2) is 0 Å². The third-order valence-corrected chi connectivity index (χ3v) is 4.58. The zero-order valence-corrected chi connectivity index (χ0v) is 12.7. The summed E-state index contributed by atoms with van der Waals surface area (Å²) in [4.78, 5) is 26.2. The second kappa shape index (κ2) is 5.47. The Balaban J connectivity index is 2.35. The largest absolute Gasteiger partial charge is 0.480 e. The molecule has 1 amide bonds. The highest BCUT2D eigenvalue weighted by Crippen LogP contribution is 2.31. The zero-order chi connectivity index (χ0) is 14.9. The van der Waals surface area contributed by atoms with Gasteiger partial charge >= 0.3 is 5.97 Å². The summed E-state index contributed by atoms with van der Waals surface area (Å²) >= 11 is 1.05. The van der Waals surface area contributed by atoms with E-state index in [-0.39, 0.29) is 11.8 Å². The number of likely N-dealkylation sites (tertiary alicyclic amines) is 1. The highest BCUT2D eigenvalue weighted by atomic mass is 32.1. The summed E-state index contributed by atoms with van der Waals surface area (Å²) in [7, 11) is 0. The van der Waals surface area contributed by atoms with Crippen LogP contribution in [0.5, 0.6) is 0 Å². The number of amides is 1. The maximum absolute atomic E-state index is 12.7. The summed E-state index contributed by atoms with van der Waals surface area (Å²) in [5.41, 5.74) is -0.480. The molecular weight excluding hydrogens is 278 g/mol. The Bertz CT molecular complexity index is 529. The number of carboxylic acids is 1. The lowest BCUT2D eigenvalue weighted by atomic mass is 9.88. The van der Waals surface area contributed by atoms with Gasteiger partial charge in [0.15, 0.2) is 0 Å². The van der Waals surface area contributed by atoms with E-state index in [1.165, 1.54) is 4.90 Å². The number of carbonyl (C=O) groups is 2. The molecule has 1 aromatic heterocycles. The van der Waals surface area contributed by atoms with Crippen LogP contribution in [0.1, 0.15) is 61.3 Å². The van der Waals surface area contributed by atoms with Crippen molar-refractivity contribution >= 4 is 23.4 Å². The van der Waals surface area contributed by atoms with Gasteiger partial charge < -0.3 is 10.0 Å². The molecule has 1 fully saturated rings. The maximum atomic E-state index is 12.7. The minimum Gasteiger partial charge on any atom is -0.480 e. The van der Waals surface area contributed by atoms with Crippen molar-refractivity contribution in [2.24, 2.45) is 0 Å². The molecule has 1 aromatic rings. The predicted octanol–water partition coefficient (Wildman–Crippen LogP) is 2.13. The van der Waals surface area contributed by atoms with E-state index in [2.05, 4.69) is 9.59 Å². The number of carbonyl (C=O) groups excluding carboxylic acids is 1. The topological polar surface area (TPSA) is 83.4 Å². The third-order valence-electron chi connectivity index (χ3n) is 3.85. The molecule has 0 radical (unpaired) electrons. The van der Waals surface area contributed by atoms with E-state index in [1.54, 1.807) is 6.92 Å². The monoisotopic (exact) mass is 297 g/mol. The smallest absolute Gasteiger partial charge is 0.329 e. The fourth-order valence-electron chi connectivity index (χ4n) is 2.52. The molecule has 1 unspecified atom stereocenters. The second-order valence-corrected chi connectivity index (χ2v) is 6.39. The normalized spacial score (nSPS) is 23.1. The van der Waals surface area contributed by atoms with Crippen LogP contribution in [-0.4, -0.2) is 43.6 Å². The van der Waals surface area contributed by atoms with Crippen molar-refractivity contribution in [2.75, 3.05) is 6.54 Å². The Morgan fingerprint density at radius 1 is 1.40 bits per heavy atom. The van der Waals surface area contributed by atoms with Crippen molar-refractivity contribution in [3.8, 4) is 0 Å². The van der Waals surface area contributed by atoms with E-state index >= 15 is 0 Å². The molecule has 20 heavy (non-hydrogen) atoms. The second-order valence-electron chi connectivity index (χ2n) is 5.63. The van der Waals surface area contributed by atoms with Crippen LogP contribution in [0, 0.1) is 0 Å². The third kappa shape index (κ3) is 2.42. The number of hydrogen-bond acceptors (Lipinski definition) is 5. The summed E-state index contributed by atoms with van der Waals surface area (Å²) in [6.07, 6.45) is 2.14. The first-order valence-electron chi connectivity index (χ1n) is 6.75. The van der Waals surface area contributed by atoms with Gasteiger partial charge in [0.25, 0.3) is 5.91 Å². The summed E-state index contributed by atoms with van der Waals surface area (Å²) in [5.74, 6) is -1.11. The Labute approximate surface area is 122 Å². The zero-order valence-electron chi connectivity index (χ0n) is 11.9. The van der Waals surface area contributed by atoms with Gasteiger partial charge in [-0.2, -0.15) is 0 Å². The van der Waals surface area contributed by atoms with Crippen LogP contribution >= 0.6 is 11.5 Å². The molecule has 1 aliphatic heterocycles. The first kappa shape index (κ1) is 14.9. The van der Waals surface area contributed by atoms with Crippen molar-refractivity contribution in [1.29, 1.82) is 0 Å². The number of aliphatic carboxylic acids is 1. The van der Waals surface area contributed by atoms with Gasteiger partial charge in [0, 0.05) is 6.54 Å². The van der Waals surface area contributed by atoms with E-state index < -0.39 is 11.5 Å². The standard InChI is InChI=1S/C13H19N3O3S/c1-8(2)9-10(20-15-14-9)11(17)16-7-5-4-6-13(16,3)12(18)19/h8H,4-7H2,1-3H3,(H,18,19). The number of rotatable bonds is 3. The molecule has 110 valence electrons. The molecule has 1 saturated heterocycles. The van der Waals surface area contributed by atoms with E-state index in [9.17, 15) is 14.7 Å². The minimum absolute atomic E-state index is 0.0913. The Kier molecular flexibility index (Phi) is 4.08. The molecular formula is C13H19N3O3S. The fourth-order valence-corrected chi connectivity index (χ4v) is 3.28. The lowest BCUT2D eigenvalue weighted by Gasteiger charge is -2.41. The molecule has 2 rings (SSSR count). The first-order valence-corrected chi connectivity index (χ1v) is 7.53. The van der Waals surface area contributed by atoms with Gasteiger partial charge in [0.05, 0.1) is 5.69 Å². The molecule has 0 aliphatic carbocycles. The Morgan fingerprint density at radius 2 is 2.10 bits per heavy atom. The van der Waals surface area contributed by atoms with Gasteiger partial charge in [-0.25, -0.2) is 4.79 Å². The van der Waals surface area contributed by atoms with Gasteiger partial charge in [0.2, 0.25) is 0 Å². The SMILES string of the molecule is CC(C)c1nnsc1C(=O)N1CCCCC1(C)C(=O)O. The van der Waals surface area contributed by atoms with Gasteiger partial charge in [0.1, 0.15) is 10.4 Å². The van der Waals surface area contributed by atoms with Crippen molar-refractivity contribution in [3.05, 3.63) is 10.6 Å². The highest BCUT2D eigenvalue weighted by molar-refractivity contribution is 7.08. The van der Waals surface area contributed by atoms with Gasteiger partial charge in [-0.15, -0.1) is 5.10 Å². The van der Waals surface area contributed by atoms with Crippen LogP contribution in [0.4, 0.5) is 0 Å². The quantitative estimate of drug-likeness (QED) is 0.924. The van der Waals surface area contributed by atoms with E-state index in [0.29, 0.717) is 23.5 Å². The van der Waals surface area contributed by atoms with Gasteiger partial charge in [-0.05, 0) is 43.6 Å². The number of hydrogen-bond donors (Lipinski definition) is 1. The Morgan fingerprint density at radius 3 is 2.70 bits per heavy atom. The Hall–Kier alpha value is -1.50. The van der Waals surface area contributed by atoms with Crippen LogP contribution in [-0.2, 0) is 4.79 Å². The molecule has 1 N–H and O–H groups in total. The summed E-state index contributed by atoms with van der Waals surface area (Å²) < 4.78 is 3.85. The average molecular weight is 297 g/mol. The van der Waals surface area contributed by atoms with Crippen molar-refractivity contribution in [3.63, 3.8) is 0 Å². The summed E-state index contributed by atoms with van der Waals surface area (Å²) in [6.45, 7) is 5.98. The molecule has 1 aliphatic rings. The number of carboxylic acid groups (broad SMARTS) is 1. The molecule has 0 aromatic carbocycles. The molecule has 7 heteroatoms. The maximum Gasteiger partial charge on any atom is 0.329 e. The van der Waals surface area contributed by atoms with Crippen LogP contribution < -0.4 is 0 Å². The van der Waals surface area contributed by atoms with E-state index in [0.717, 1.165) is 24.4 Å². The van der Waals surface area contributed by atoms with E-state index in [1.807, 2.05) is 13.8 Å².